The quantitative estimate of drug-likeness (QED) is 0.655. The van der Waals surface area contributed by atoms with Gasteiger partial charge < -0.3 is 23.8 Å². The first kappa shape index (κ1) is 24.6. The van der Waals surface area contributed by atoms with Crippen LogP contribution in [0.15, 0.2) is 18.2 Å². The second-order valence-corrected chi connectivity index (χ2v) is 10.9. The number of carbonyl (C=O) groups excluding carboxylic acids is 2. The van der Waals surface area contributed by atoms with Crippen LogP contribution in [0.4, 0.5) is 4.79 Å². The van der Waals surface area contributed by atoms with Gasteiger partial charge in [0.05, 0.1) is 11.2 Å². The lowest BCUT2D eigenvalue weighted by Gasteiger charge is -2.40. The van der Waals surface area contributed by atoms with E-state index in [0.717, 1.165) is 11.0 Å². The van der Waals surface area contributed by atoms with Gasteiger partial charge >= 0.3 is 13.2 Å². The molecular formula is C24H37BN2O5. The van der Waals surface area contributed by atoms with Gasteiger partial charge in [-0.15, -0.1) is 0 Å². The maximum atomic E-state index is 13.2. The Labute approximate surface area is 192 Å². The van der Waals surface area contributed by atoms with E-state index >= 15 is 0 Å². The van der Waals surface area contributed by atoms with Crippen LogP contribution >= 0.6 is 0 Å². The number of amides is 2. The zero-order valence-electron chi connectivity index (χ0n) is 20.9. The van der Waals surface area contributed by atoms with E-state index in [9.17, 15) is 9.59 Å². The van der Waals surface area contributed by atoms with Crippen molar-refractivity contribution in [2.45, 2.75) is 85.2 Å². The first-order chi connectivity index (χ1) is 14.6. The Hall–Kier alpha value is -2.06. The Balaban J connectivity index is 1.68. The smallest absolute Gasteiger partial charge is 0.444 e. The van der Waals surface area contributed by atoms with E-state index in [1.54, 1.807) is 4.90 Å². The van der Waals surface area contributed by atoms with Crippen molar-refractivity contribution in [3.8, 4) is 0 Å². The van der Waals surface area contributed by atoms with Gasteiger partial charge in [0.1, 0.15) is 5.60 Å². The Bertz CT molecular complexity index is 877. The molecule has 1 atom stereocenters. The SMILES string of the molecule is Cc1cc(B2OC(C)(C)C(C)(C)O2)ccc1C(=O)N1CCN(C(=O)OC(C)(C)C)C(C)C1. The summed E-state index contributed by atoms with van der Waals surface area (Å²) in [7, 11) is -0.458. The van der Waals surface area contributed by atoms with E-state index < -0.39 is 23.9 Å². The van der Waals surface area contributed by atoms with Gasteiger partial charge in [-0.05, 0) is 79.4 Å². The zero-order valence-corrected chi connectivity index (χ0v) is 20.9. The Morgan fingerprint density at radius 1 is 1.09 bits per heavy atom. The number of nitrogens with zero attached hydrogens (tertiary/aromatic N) is 2. The predicted molar refractivity (Wildman–Crippen MR) is 125 cm³/mol. The van der Waals surface area contributed by atoms with Crippen molar-refractivity contribution in [2.24, 2.45) is 0 Å². The van der Waals surface area contributed by atoms with Crippen LogP contribution < -0.4 is 5.46 Å². The number of aryl methyl sites for hydroxylation is 1. The monoisotopic (exact) mass is 444 g/mol. The molecule has 0 radical (unpaired) electrons. The molecule has 1 unspecified atom stereocenters. The highest BCUT2D eigenvalue weighted by molar-refractivity contribution is 6.62. The highest BCUT2D eigenvalue weighted by Crippen LogP contribution is 2.36. The molecule has 0 bridgehead atoms. The van der Waals surface area contributed by atoms with Crippen molar-refractivity contribution < 1.29 is 23.6 Å². The van der Waals surface area contributed by atoms with Crippen molar-refractivity contribution >= 4 is 24.6 Å². The number of hydrogen-bond donors (Lipinski definition) is 0. The van der Waals surface area contributed by atoms with Crippen LogP contribution in [0.25, 0.3) is 0 Å². The number of ether oxygens (including phenoxy) is 1. The van der Waals surface area contributed by atoms with Crippen LogP contribution in [0.3, 0.4) is 0 Å². The molecule has 2 amide bonds. The molecule has 2 aliphatic rings. The van der Waals surface area contributed by atoms with Crippen molar-refractivity contribution in [3.63, 3.8) is 0 Å². The molecule has 0 aromatic heterocycles. The van der Waals surface area contributed by atoms with E-state index in [0.29, 0.717) is 25.2 Å². The van der Waals surface area contributed by atoms with E-state index in [2.05, 4.69) is 0 Å². The fraction of sp³-hybridized carbons (Fsp3) is 0.667. The van der Waals surface area contributed by atoms with E-state index in [-0.39, 0.29) is 18.0 Å². The molecule has 3 rings (SSSR count). The summed E-state index contributed by atoms with van der Waals surface area (Å²) in [4.78, 5) is 29.2. The molecular weight excluding hydrogens is 407 g/mol. The van der Waals surface area contributed by atoms with Gasteiger partial charge in [-0.3, -0.25) is 4.79 Å². The van der Waals surface area contributed by atoms with Crippen LogP contribution in [0.1, 0.15) is 71.3 Å². The summed E-state index contributed by atoms with van der Waals surface area (Å²) in [6.45, 7) is 18.9. The number of rotatable bonds is 2. The minimum absolute atomic E-state index is 0.0290. The summed E-state index contributed by atoms with van der Waals surface area (Å²) in [6, 6.07) is 5.61. The van der Waals surface area contributed by atoms with Gasteiger partial charge in [0.15, 0.2) is 0 Å². The standard InChI is InChI=1S/C24H37BN2O5/c1-16-14-18(25-31-23(6,7)24(8,9)32-25)10-11-19(16)20(28)26-12-13-27(17(2)15-26)21(29)30-22(3,4)5/h10-11,14,17H,12-13,15H2,1-9H3. The Morgan fingerprint density at radius 3 is 2.19 bits per heavy atom. The van der Waals surface area contributed by atoms with Gasteiger partial charge in [0.25, 0.3) is 5.91 Å². The maximum Gasteiger partial charge on any atom is 0.494 e. The molecule has 176 valence electrons. The molecule has 8 heteroatoms. The lowest BCUT2D eigenvalue weighted by atomic mass is 9.77. The summed E-state index contributed by atoms with van der Waals surface area (Å²) in [5.74, 6) is -0.0290. The van der Waals surface area contributed by atoms with Gasteiger partial charge in [0.2, 0.25) is 0 Å². The maximum absolute atomic E-state index is 13.2. The Morgan fingerprint density at radius 2 is 1.69 bits per heavy atom. The lowest BCUT2D eigenvalue weighted by Crippen LogP contribution is -2.56. The molecule has 2 fully saturated rings. The molecule has 2 heterocycles. The summed E-state index contributed by atoms with van der Waals surface area (Å²) < 4.78 is 17.8. The summed E-state index contributed by atoms with van der Waals surface area (Å²) in [5, 5.41) is 0. The average molecular weight is 444 g/mol. The van der Waals surface area contributed by atoms with Crippen LogP contribution in [-0.2, 0) is 14.0 Å². The third-order valence-electron chi connectivity index (χ3n) is 6.55. The Kier molecular flexibility index (Phi) is 6.44. The number of carbonyl (C=O) groups is 2. The van der Waals surface area contributed by atoms with Gasteiger partial charge in [-0.25, -0.2) is 4.79 Å². The van der Waals surface area contributed by atoms with Gasteiger partial charge in [-0.2, -0.15) is 0 Å². The fourth-order valence-corrected chi connectivity index (χ4v) is 3.96. The van der Waals surface area contributed by atoms with Gasteiger partial charge in [0, 0.05) is 31.2 Å². The van der Waals surface area contributed by atoms with Crippen molar-refractivity contribution in [3.05, 3.63) is 29.3 Å². The van der Waals surface area contributed by atoms with Gasteiger partial charge in [-0.1, -0.05) is 12.1 Å². The first-order valence-corrected chi connectivity index (χ1v) is 11.4. The minimum Gasteiger partial charge on any atom is -0.444 e. The third-order valence-corrected chi connectivity index (χ3v) is 6.55. The van der Waals surface area contributed by atoms with E-state index in [4.69, 9.17) is 14.0 Å². The molecule has 1 aromatic rings. The molecule has 0 spiro atoms. The topological polar surface area (TPSA) is 68.3 Å². The lowest BCUT2D eigenvalue weighted by molar-refractivity contribution is 0.00197. The highest BCUT2D eigenvalue weighted by atomic mass is 16.7. The predicted octanol–water partition coefficient (Wildman–Crippen LogP) is 3.38. The van der Waals surface area contributed by atoms with Crippen LogP contribution in [0.5, 0.6) is 0 Å². The second kappa shape index (κ2) is 8.38. The van der Waals surface area contributed by atoms with E-state index in [1.807, 2.05) is 85.4 Å². The highest BCUT2D eigenvalue weighted by Gasteiger charge is 2.51. The van der Waals surface area contributed by atoms with Crippen LogP contribution in [0, 0.1) is 6.92 Å². The van der Waals surface area contributed by atoms with Crippen LogP contribution in [-0.4, -0.2) is 71.4 Å². The minimum atomic E-state index is -0.542. The molecule has 0 saturated carbocycles. The summed E-state index contributed by atoms with van der Waals surface area (Å²) in [5.41, 5.74) is 1.07. The molecule has 2 aliphatic heterocycles. The molecule has 7 nitrogen and oxygen atoms in total. The number of hydrogen-bond acceptors (Lipinski definition) is 5. The normalized spacial score (nSPS) is 22.8. The first-order valence-electron chi connectivity index (χ1n) is 11.4. The zero-order chi connectivity index (χ0) is 24.1. The van der Waals surface area contributed by atoms with Crippen LogP contribution in [0.2, 0.25) is 0 Å². The average Bonchev–Trinajstić information content (AvgIpc) is 2.87. The number of benzene rings is 1. The molecule has 0 aliphatic carbocycles. The summed E-state index contributed by atoms with van der Waals surface area (Å²) >= 11 is 0. The van der Waals surface area contributed by atoms with Crippen molar-refractivity contribution in [1.29, 1.82) is 0 Å². The number of piperazine rings is 1. The summed E-state index contributed by atoms with van der Waals surface area (Å²) in [6.07, 6.45) is -0.333. The molecule has 1 aromatic carbocycles. The van der Waals surface area contributed by atoms with Crippen molar-refractivity contribution in [2.75, 3.05) is 19.6 Å². The second-order valence-electron chi connectivity index (χ2n) is 10.9. The fourth-order valence-electron chi connectivity index (χ4n) is 3.96. The molecule has 32 heavy (non-hydrogen) atoms. The van der Waals surface area contributed by atoms with Crippen molar-refractivity contribution in [1.82, 2.24) is 9.80 Å². The molecule has 2 saturated heterocycles. The molecule has 0 N–H and O–H groups in total. The van der Waals surface area contributed by atoms with E-state index in [1.165, 1.54) is 0 Å². The largest absolute Gasteiger partial charge is 0.494 e. The third kappa shape index (κ3) is 4.96.